The fourth-order valence-electron chi connectivity index (χ4n) is 1.91. The van der Waals surface area contributed by atoms with Gasteiger partial charge in [-0.1, -0.05) is 0 Å². The normalized spacial score (nSPS) is 10.5. The van der Waals surface area contributed by atoms with Gasteiger partial charge in [-0.05, 0) is 37.3 Å². The lowest BCUT2D eigenvalue weighted by molar-refractivity contribution is 0.281. The van der Waals surface area contributed by atoms with Gasteiger partial charge in [-0.15, -0.1) is 0 Å². The molecular weight excluding hydrogens is 250 g/mol. The highest BCUT2D eigenvalue weighted by molar-refractivity contribution is 5.62. The van der Waals surface area contributed by atoms with E-state index in [1.165, 1.54) is 18.2 Å². The number of pyridine rings is 1. The molecule has 1 N–H and O–H groups in total. The number of aliphatic hydroxyl groups excluding tert-OH is 1. The number of hydrogen-bond acceptors (Lipinski definition) is 3. The zero-order valence-corrected chi connectivity index (χ0v) is 10.5. The van der Waals surface area contributed by atoms with Gasteiger partial charge in [0.15, 0.2) is 0 Å². The molecule has 1 aromatic carbocycles. The summed E-state index contributed by atoms with van der Waals surface area (Å²) in [4.78, 5) is 5.80. The molecule has 0 bridgehead atoms. The summed E-state index contributed by atoms with van der Waals surface area (Å²) in [5.41, 5.74) is 1.13. The van der Waals surface area contributed by atoms with Crippen LogP contribution in [0.25, 0.3) is 0 Å². The molecule has 1 aromatic heterocycles. The molecule has 0 saturated carbocycles. The molecule has 2 rings (SSSR count). The van der Waals surface area contributed by atoms with Crippen LogP contribution in [-0.2, 0) is 6.61 Å². The number of benzene rings is 1. The van der Waals surface area contributed by atoms with E-state index in [1.54, 1.807) is 17.0 Å². The summed E-state index contributed by atoms with van der Waals surface area (Å²) in [7, 11) is 0. The van der Waals surface area contributed by atoms with Crippen molar-refractivity contribution in [2.45, 2.75) is 13.5 Å². The number of nitrogens with zero attached hydrogens (tertiary/aromatic N) is 2. The molecule has 1 heterocycles. The van der Waals surface area contributed by atoms with E-state index in [9.17, 15) is 13.9 Å². The largest absolute Gasteiger partial charge is 0.392 e. The molecule has 0 aliphatic carbocycles. The topological polar surface area (TPSA) is 36.4 Å². The van der Waals surface area contributed by atoms with Gasteiger partial charge in [0.05, 0.1) is 12.8 Å². The van der Waals surface area contributed by atoms with E-state index in [1.807, 2.05) is 6.92 Å². The maximum Gasteiger partial charge on any atom is 0.142 e. The number of hydrogen-bond donors (Lipinski definition) is 1. The molecule has 0 unspecified atom stereocenters. The average molecular weight is 264 g/mol. The Hall–Kier alpha value is -2.01. The van der Waals surface area contributed by atoms with E-state index in [0.29, 0.717) is 17.9 Å². The quantitative estimate of drug-likeness (QED) is 0.922. The average Bonchev–Trinajstić information content (AvgIpc) is 2.43. The second-order valence-corrected chi connectivity index (χ2v) is 4.02. The van der Waals surface area contributed by atoms with E-state index >= 15 is 0 Å². The molecule has 0 amide bonds. The predicted molar refractivity (Wildman–Crippen MR) is 69.2 cm³/mol. The predicted octanol–water partition coefficient (Wildman–Crippen LogP) is 3.01. The van der Waals surface area contributed by atoms with Crippen molar-refractivity contribution in [1.82, 2.24) is 4.98 Å². The first kappa shape index (κ1) is 13.4. The minimum atomic E-state index is -0.497. The summed E-state index contributed by atoms with van der Waals surface area (Å²) in [5, 5.41) is 9.28. The van der Waals surface area contributed by atoms with Crippen molar-refractivity contribution in [2.75, 3.05) is 11.4 Å². The minimum Gasteiger partial charge on any atom is -0.392 e. The molecule has 0 saturated heterocycles. The summed E-state index contributed by atoms with van der Waals surface area (Å²) in [5.74, 6) is -0.352. The number of anilines is 2. The van der Waals surface area contributed by atoms with Crippen LogP contribution in [0, 0.1) is 11.6 Å². The third-order valence-corrected chi connectivity index (χ3v) is 2.79. The molecule has 2 aromatic rings. The number of aromatic nitrogens is 1. The van der Waals surface area contributed by atoms with E-state index in [4.69, 9.17) is 0 Å². The van der Waals surface area contributed by atoms with E-state index < -0.39 is 5.82 Å². The van der Waals surface area contributed by atoms with Crippen molar-refractivity contribution in [3.05, 3.63) is 53.7 Å². The van der Waals surface area contributed by atoms with Gasteiger partial charge in [-0.3, -0.25) is 0 Å². The molecule has 100 valence electrons. The Balaban J connectivity index is 2.44. The third kappa shape index (κ3) is 2.88. The molecule has 0 aliphatic heterocycles. The fraction of sp³-hybridized carbons (Fsp3) is 0.214. The highest BCUT2D eigenvalue weighted by Gasteiger charge is 2.14. The van der Waals surface area contributed by atoms with Crippen LogP contribution >= 0.6 is 0 Å². The lowest BCUT2D eigenvalue weighted by Crippen LogP contribution is -2.19. The molecule has 0 fully saturated rings. The van der Waals surface area contributed by atoms with E-state index in [-0.39, 0.29) is 12.4 Å². The first-order chi connectivity index (χ1) is 9.15. The van der Waals surface area contributed by atoms with Crippen LogP contribution in [-0.4, -0.2) is 16.6 Å². The maximum atomic E-state index is 13.1. The van der Waals surface area contributed by atoms with Crippen molar-refractivity contribution < 1.29 is 13.9 Å². The summed E-state index contributed by atoms with van der Waals surface area (Å²) < 4.78 is 26.0. The Morgan fingerprint density at radius 2 is 1.84 bits per heavy atom. The lowest BCUT2D eigenvalue weighted by Gasteiger charge is -2.24. The van der Waals surface area contributed by atoms with Crippen molar-refractivity contribution in [3.63, 3.8) is 0 Å². The summed E-state index contributed by atoms with van der Waals surface area (Å²) >= 11 is 0. The summed E-state index contributed by atoms with van der Waals surface area (Å²) in [6.07, 6.45) is 1.10. The number of halogens is 2. The van der Waals surface area contributed by atoms with E-state index in [0.717, 1.165) is 11.9 Å². The highest BCUT2D eigenvalue weighted by Crippen LogP contribution is 2.27. The lowest BCUT2D eigenvalue weighted by atomic mass is 10.2. The standard InChI is InChI=1S/C14H14F2N2O/c1-2-18(13-5-3-11(15)4-6-13)14-10(9-19)7-12(16)8-17-14/h3-8,19H,2,9H2,1H3. The first-order valence-electron chi connectivity index (χ1n) is 5.94. The van der Waals surface area contributed by atoms with Gasteiger partial charge in [0, 0.05) is 17.8 Å². The van der Waals surface area contributed by atoms with E-state index in [2.05, 4.69) is 4.98 Å². The van der Waals surface area contributed by atoms with Crippen molar-refractivity contribution >= 4 is 11.5 Å². The van der Waals surface area contributed by atoms with Crippen molar-refractivity contribution in [2.24, 2.45) is 0 Å². The fourth-order valence-corrected chi connectivity index (χ4v) is 1.91. The first-order valence-corrected chi connectivity index (χ1v) is 5.94. The Morgan fingerprint density at radius 1 is 1.16 bits per heavy atom. The van der Waals surface area contributed by atoms with Crippen LogP contribution in [0.2, 0.25) is 0 Å². The van der Waals surface area contributed by atoms with Crippen molar-refractivity contribution in [3.8, 4) is 0 Å². The van der Waals surface area contributed by atoms with Gasteiger partial charge in [0.2, 0.25) is 0 Å². The van der Waals surface area contributed by atoms with Gasteiger partial charge < -0.3 is 10.0 Å². The zero-order chi connectivity index (χ0) is 13.8. The number of rotatable bonds is 4. The highest BCUT2D eigenvalue weighted by atomic mass is 19.1. The van der Waals surface area contributed by atoms with Gasteiger partial charge in [-0.25, -0.2) is 13.8 Å². The van der Waals surface area contributed by atoms with Crippen LogP contribution in [0.15, 0.2) is 36.5 Å². The van der Waals surface area contributed by atoms with Gasteiger partial charge in [0.1, 0.15) is 17.5 Å². The van der Waals surface area contributed by atoms with Gasteiger partial charge >= 0.3 is 0 Å². The second kappa shape index (κ2) is 5.75. The van der Waals surface area contributed by atoms with Crippen LogP contribution in [0.3, 0.4) is 0 Å². The van der Waals surface area contributed by atoms with Crippen LogP contribution in [0.1, 0.15) is 12.5 Å². The van der Waals surface area contributed by atoms with Crippen LogP contribution < -0.4 is 4.90 Å². The SMILES string of the molecule is CCN(c1ccc(F)cc1)c1ncc(F)cc1CO. The third-order valence-electron chi connectivity index (χ3n) is 2.79. The molecular formula is C14H14F2N2O. The summed E-state index contributed by atoms with van der Waals surface area (Å²) in [6.45, 7) is 2.16. The molecule has 0 spiro atoms. The van der Waals surface area contributed by atoms with Crippen LogP contribution in [0.5, 0.6) is 0 Å². The van der Waals surface area contributed by atoms with Gasteiger partial charge in [0.25, 0.3) is 0 Å². The maximum absolute atomic E-state index is 13.1. The monoisotopic (exact) mass is 264 g/mol. The molecule has 0 radical (unpaired) electrons. The Bertz CT molecular complexity index is 558. The number of aliphatic hydroxyl groups is 1. The smallest absolute Gasteiger partial charge is 0.142 e. The van der Waals surface area contributed by atoms with Gasteiger partial charge in [-0.2, -0.15) is 0 Å². The Labute approximate surface area is 110 Å². The summed E-state index contributed by atoms with van der Waals surface area (Å²) in [6, 6.07) is 7.17. The van der Waals surface area contributed by atoms with Crippen molar-refractivity contribution in [1.29, 1.82) is 0 Å². The van der Waals surface area contributed by atoms with Crippen LogP contribution in [0.4, 0.5) is 20.3 Å². The zero-order valence-electron chi connectivity index (χ0n) is 10.5. The molecule has 19 heavy (non-hydrogen) atoms. The Morgan fingerprint density at radius 3 is 2.42 bits per heavy atom. The molecule has 0 atom stereocenters. The minimum absolute atomic E-state index is 0.308. The molecule has 3 nitrogen and oxygen atoms in total. The molecule has 5 heteroatoms. The molecule has 0 aliphatic rings. The second-order valence-electron chi connectivity index (χ2n) is 4.02. The Kier molecular flexibility index (Phi) is 4.06.